The van der Waals surface area contributed by atoms with E-state index in [0.29, 0.717) is 0 Å². The Balaban J connectivity index is 0.000001000. The minimum atomic E-state index is 0. The topological polar surface area (TPSA) is 12.9 Å². The van der Waals surface area contributed by atoms with Gasteiger partial charge in [-0.2, -0.15) is 0 Å². The molecule has 4 heteroatoms. The molecule has 1 aromatic carbocycles. The number of aromatic nitrogens is 1. The average molecular weight is 343 g/mol. The van der Waals surface area contributed by atoms with Gasteiger partial charge in [-0.25, -0.2) is 0 Å². The monoisotopic (exact) mass is 342 g/mol. The number of pyridine rings is 1. The van der Waals surface area contributed by atoms with Crippen LogP contribution < -0.4 is 24.8 Å². The average Bonchev–Trinajstić information content (AvgIpc) is 2.66. The molecule has 0 aliphatic heterocycles. The standard InChI is InChI=1S/C16H14N.2ClH.Cr/c1-11-9-12(2)15(10-11)14-7-3-5-13-6-4-8-17-16(13)14;;;/h3-8H,10H2,1-2H3;2*1H;/q;;;+2/p-2. The van der Waals surface area contributed by atoms with Crippen LogP contribution in [0.2, 0.25) is 0 Å². The van der Waals surface area contributed by atoms with Gasteiger partial charge in [0.2, 0.25) is 0 Å². The zero-order valence-electron chi connectivity index (χ0n) is 11.3. The van der Waals surface area contributed by atoms with E-state index < -0.39 is 0 Å². The molecule has 0 atom stereocenters. The van der Waals surface area contributed by atoms with Gasteiger partial charge in [-0.15, -0.1) is 0 Å². The molecule has 1 aromatic heterocycles. The molecule has 1 nitrogen and oxygen atoms in total. The van der Waals surface area contributed by atoms with Gasteiger partial charge in [0.05, 0.1) is 0 Å². The summed E-state index contributed by atoms with van der Waals surface area (Å²) in [7, 11) is 0. The number of fused-ring (bicyclic) bond motifs is 1. The third-order valence-corrected chi connectivity index (χ3v) is 4.60. The molecule has 0 N–H and O–H groups in total. The van der Waals surface area contributed by atoms with E-state index in [0.717, 1.165) is 11.9 Å². The van der Waals surface area contributed by atoms with E-state index in [1.807, 2.05) is 12.3 Å². The van der Waals surface area contributed by atoms with E-state index in [1.54, 1.807) is 0 Å². The summed E-state index contributed by atoms with van der Waals surface area (Å²) >= 11 is 3.19. The van der Waals surface area contributed by atoms with Gasteiger partial charge in [-0.1, -0.05) is 0 Å². The fraction of sp³-hybridized carbons (Fsp3) is 0.188. The third-order valence-electron chi connectivity index (χ3n) is 3.58. The minimum Gasteiger partial charge on any atom is -1.00 e. The second-order valence-corrected chi connectivity index (χ2v) is 5.41. The fourth-order valence-electron chi connectivity index (χ4n) is 2.58. The van der Waals surface area contributed by atoms with Gasteiger partial charge in [0, 0.05) is 0 Å². The molecular formula is C16H14Cl2CrN. The summed E-state index contributed by atoms with van der Waals surface area (Å²) in [6.07, 6.45) is 2.90. The van der Waals surface area contributed by atoms with Gasteiger partial charge in [0.25, 0.3) is 0 Å². The van der Waals surface area contributed by atoms with E-state index in [2.05, 4.69) is 59.4 Å². The number of hydrogen-bond donors (Lipinski definition) is 0. The Hall–Kier alpha value is -0.778. The smallest absolute Gasteiger partial charge is 1.00 e. The molecular weight excluding hydrogens is 329 g/mol. The van der Waals surface area contributed by atoms with E-state index in [1.165, 1.54) is 32.1 Å². The van der Waals surface area contributed by atoms with Crippen LogP contribution in [0.25, 0.3) is 16.5 Å². The number of nitrogens with zero attached hydrogens (tertiary/aromatic N) is 1. The second-order valence-electron chi connectivity index (χ2n) is 4.77. The maximum Gasteiger partial charge on any atom is -1.00 e. The Bertz CT molecular complexity index is 699. The molecule has 0 saturated heterocycles. The van der Waals surface area contributed by atoms with Gasteiger partial charge in [0.15, 0.2) is 0 Å². The van der Waals surface area contributed by atoms with Crippen LogP contribution in [-0.2, 0) is 16.3 Å². The van der Waals surface area contributed by atoms with E-state index in [4.69, 9.17) is 0 Å². The molecule has 1 heterocycles. The van der Waals surface area contributed by atoms with Crippen LogP contribution in [0.1, 0.15) is 25.8 Å². The van der Waals surface area contributed by atoms with Gasteiger partial charge in [-0.3, -0.25) is 0 Å². The van der Waals surface area contributed by atoms with Crippen molar-refractivity contribution in [3.8, 4) is 0 Å². The molecule has 0 unspecified atom stereocenters. The molecule has 103 valence electrons. The van der Waals surface area contributed by atoms with Crippen LogP contribution in [0.15, 0.2) is 52.1 Å². The van der Waals surface area contributed by atoms with E-state index in [-0.39, 0.29) is 24.8 Å². The van der Waals surface area contributed by atoms with Crippen molar-refractivity contribution in [2.45, 2.75) is 20.3 Å². The normalized spacial score (nSPS) is 14.2. The number of halogens is 2. The Labute approximate surface area is 140 Å². The van der Waals surface area contributed by atoms with Crippen LogP contribution in [0, 0.1) is 0 Å². The molecule has 1 aliphatic carbocycles. The molecule has 0 bridgehead atoms. The van der Waals surface area contributed by atoms with Gasteiger partial charge in [-0.05, 0) is 0 Å². The summed E-state index contributed by atoms with van der Waals surface area (Å²) in [4.78, 5) is 4.55. The van der Waals surface area contributed by atoms with Crippen LogP contribution in [-0.4, -0.2) is 4.98 Å². The Morgan fingerprint density at radius 2 is 1.75 bits per heavy atom. The minimum absolute atomic E-state index is 0. The summed E-state index contributed by atoms with van der Waals surface area (Å²) in [6.45, 7) is 4.39. The number of para-hydroxylation sites is 1. The summed E-state index contributed by atoms with van der Waals surface area (Å²) in [5.41, 5.74) is 6.58. The van der Waals surface area contributed by atoms with Crippen molar-refractivity contribution in [1.29, 1.82) is 0 Å². The summed E-state index contributed by atoms with van der Waals surface area (Å²) < 4.78 is 1.32. The van der Waals surface area contributed by atoms with Gasteiger partial charge < -0.3 is 24.8 Å². The van der Waals surface area contributed by atoms with Crippen molar-refractivity contribution in [3.63, 3.8) is 0 Å². The largest absolute Gasteiger partial charge is 1.00 e. The van der Waals surface area contributed by atoms with Crippen LogP contribution >= 0.6 is 0 Å². The van der Waals surface area contributed by atoms with Crippen LogP contribution in [0.3, 0.4) is 0 Å². The maximum absolute atomic E-state index is 4.55. The van der Waals surface area contributed by atoms with Crippen molar-refractivity contribution in [3.05, 3.63) is 57.7 Å². The second kappa shape index (κ2) is 6.79. The fourth-order valence-corrected chi connectivity index (χ4v) is 2.89. The Morgan fingerprint density at radius 1 is 1.05 bits per heavy atom. The number of hydrogen-bond acceptors (Lipinski definition) is 1. The van der Waals surface area contributed by atoms with Crippen molar-refractivity contribution in [2.24, 2.45) is 0 Å². The molecule has 0 radical (unpaired) electrons. The van der Waals surface area contributed by atoms with E-state index in [9.17, 15) is 0 Å². The van der Waals surface area contributed by atoms with Crippen molar-refractivity contribution >= 4 is 16.5 Å². The first-order chi connectivity index (χ1) is 8.68. The predicted octanol–water partition coefficient (Wildman–Crippen LogP) is -1.76. The summed E-state index contributed by atoms with van der Waals surface area (Å²) in [5.74, 6) is 0. The molecule has 0 amide bonds. The maximum atomic E-state index is 4.55. The quantitative estimate of drug-likeness (QED) is 0.598. The van der Waals surface area contributed by atoms with Gasteiger partial charge >= 0.3 is 116 Å². The van der Waals surface area contributed by atoms with Crippen LogP contribution in [0.5, 0.6) is 0 Å². The first-order valence-corrected chi connectivity index (χ1v) is 6.73. The first kappa shape index (κ1) is 17.3. The molecule has 20 heavy (non-hydrogen) atoms. The number of allylic oxidation sites excluding steroid dienone is 4. The number of rotatable bonds is 1. The molecule has 2 aromatic rings. The zero-order valence-corrected chi connectivity index (χ0v) is 14.1. The Morgan fingerprint density at radius 3 is 2.40 bits per heavy atom. The SMILES string of the molecule is CC1=[C]([Cr+2])C(C)=C(c2cccc3cccnc23)C1.[Cl-].[Cl-]. The number of benzene rings is 1. The van der Waals surface area contributed by atoms with E-state index >= 15 is 0 Å². The first-order valence-electron chi connectivity index (χ1n) is 6.09. The molecule has 0 saturated carbocycles. The van der Waals surface area contributed by atoms with Crippen LogP contribution in [0.4, 0.5) is 0 Å². The van der Waals surface area contributed by atoms with Crippen molar-refractivity contribution in [1.82, 2.24) is 4.98 Å². The predicted molar refractivity (Wildman–Crippen MR) is 71.7 cm³/mol. The molecule has 1 aliphatic rings. The molecule has 3 rings (SSSR count). The summed E-state index contributed by atoms with van der Waals surface area (Å²) in [6, 6.07) is 10.5. The van der Waals surface area contributed by atoms with Gasteiger partial charge in [0.1, 0.15) is 0 Å². The van der Waals surface area contributed by atoms with Crippen molar-refractivity contribution < 1.29 is 41.1 Å². The molecule has 0 spiro atoms. The summed E-state index contributed by atoms with van der Waals surface area (Å²) in [5, 5.41) is 1.21. The zero-order chi connectivity index (χ0) is 12.7. The Kier molecular flexibility index (Phi) is 5.86. The third kappa shape index (κ3) is 2.80. The van der Waals surface area contributed by atoms with Crippen molar-refractivity contribution in [2.75, 3.05) is 0 Å². The molecule has 0 fully saturated rings.